The molecule has 0 atom stereocenters. The number of rotatable bonds is 8. The number of fused-ring (bicyclic) bond motifs is 1. The molecule has 0 unspecified atom stereocenters. The second kappa shape index (κ2) is 10.0. The highest BCUT2D eigenvalue weighted by Gasteiger charge is 2.25. The van der Waals surface area contributed by atoms with Gasteiger partial charge in [0, 0.05) is 18.0 Å². The third-order valence-corrected chi connectivity index (χ3v) is 7.21. The molecule has 32 heavy (non-hydrogen) atoms. The average Bonchev–Trinajstić information content (AvgIpc) is 3.31. The summed E-state index contributed by atoms with van der Waals surface area (Å²) in [7, 11) is 0. The van der Waals surface area contributed by atoms with Gasteiger partial charge in [-0.25, -0.2) is 9.67 Å². The zero-order valence-corrected chi connectivity index (χ0v) is 20.5. The molecule has 3 heterocycles. The number of hydrogen-bond donors (Lipinski definition) is 3. The van der Waals surface area contributed by atoms with E-state index in [2.05, 4.69) is 40.3 Å². The molecule has 10 heteroatoms. The molecular weight excluding hydrogens is 462 g/mol. The van der Waals surface area contributed by atoms with Gasteiger partial charge in [0.2, 0.25) is 0 Å². The lowest BCUT2D eigenvalue weighted by Crippen LogP contribution is -2.34. The van der Waals surface area contributed by atoms with Crippen molar-refractivity contribution in [1.29, 1.82) is 0 Å². The Bertz CT molecular complexity index is 1190. The molecule has 0 spiro atoms. The number of aromatic nitrogens is 2. The van der Waals surface area contributed by atoms with Gasteiger partial charge >= 0.3 is 0 Å². The normalized spacial score (nSPS) is 12.9. The summed E-state index contributed by atoms with van der Waals surface area (Å²) >= 11 is 4.47. The molecule has 0 fully saturated rings. The highest BCUT2D eigenvalue weighted by molar-refractivity contribution is 8.00. The van der Waals surface area contributed by atoms with E-state index in [0.717, 1.165) is 33.3 Å². The number of amidine groups is 1. The number of thiophene rings is 1. The van der Waals surface area contributed by atoms with Crippen LogP contribution in [0.25, 0.3) is 10.6 Å². The van der Waals surface area contributed by atoms with Crippen LogP contribution in [0.15, 0.2) is 50.4 Å². The number of nitrogens with one attached hydrogen (secondary N) is 2. The van der Waals surface area contributed by atoms with Crippen molar-refractivity contribution in [3.8, 4) is 16.3 Å². The molecule has 0 saturated heterocycles. The zero-order valence-electron chi connectivity index (χ0n) is 18.1. The molecule has 0 aliphatic carbocycles. The van der Waals surface area contributed by atoms with Gasteiger partial charge in [-0.3, -0.25) is 4.79 Å². The minimum atomic E-state index is -0.351. The predicted molar refractivity (Wildman–Crippen MR) is 136 cm³/mol. The molecule has 0 bridgehead atoms. The molecule has 3 aromatic rings. The van der Waals surface area contributed by atoms with Gasteiger partial charge in [-0.1, -0.05) is 38.8 Å². The number of anilines is 1. The topological polar surface area (TPSA) is 91.5 Å². The average molecular weight is 488 g/mol. The van der Waals surface area contributed by atoms with E-state index >= 15 is 0 Å². The Morgan fingerprint density at radius 2 is 2.16 bits per heavy atom. The predicted octanol–water partition coefficient (Wildman–Crippen LogP) is 5.49. The fourth-order valence-corrected chi connectivity index (χ4v) is 5.05. The van der Waals surface area contributed by atoms with Gasteiger partial charge in [0.25, 0.3) is 5.56 Å². The van der Waals surface area contributed by atoms with Crippen molar-refractivity contribution in [2.24, 2.45) is 10.9 Å². The third-order valence-electron chi connectivity index (χ3n) is 4.82. The first-order valence-electron chi connectivity index (χ1n) is 10.4. The van der Waals surface area contributed by atoms with Gasteiger partial charge in [-0.05, 0) is 53.9 Å². The number of aryl methyl sites for hydroxylation is 1. The Kier molecular flexibility index (Phi) is 7.12. The summed E-state index contributed by atoms with van der Waals surface area (Å²) in [4.78, 5) is 19.7. The second-order valence-corrected chi connectivity index (χ2v) is 10.5. The van der Waals surface area contributed by atoms with Crippen molar-refractivity contribution in [3.05, 3.63) is 51.6 Å². The van der Waals surface area contributed by atoms with Crippen LogP contribution in [0.4, 0.5) is 11.4 Å². The van der Waals surface area contributed by atoms with Gasteiger partial charge < -0.3 is 14.6 Å². The molecule has 0 amide bonds. The minimum Gasteiger partial charge on any atom is -0.505 e. The molecule has 4 rings (SSSR count). The van der Waals surface area contributed by atoms with Gasteiger partial charge in [0.15, 0.2) is 11.6 Å². The molecule has 1 aromatic carbocycles. The Hall–Kier alpha value is -2.43. The number of aromatic hydroxyl groups is 1. The molecule has 0 saturated carbocycles. The highest BCUT2D eigenvalue weighted by Crippen LogP contribution is 2.37. The number of benzene rings is 1. The maximum Gasteiger partial charge on any atom is 0.281 e. The zero-order chi connectivity index (χ0) is 22.7. The van der Waals surface area contributed by atoms with Crippen LogP contribution < -0.4 is 15.0 Å². The van der Waals surface area contributed by atoms with Gasteiger partial charge in [-0.15, -0.1) is 11.3 Å². The van der Waals surface area contributed by atoms with Crippen LogP contribution in [0.2, 0.25) is 0 Å². The van der Waals surface area contributed by atoms with Crippen molar-refractivity contribution in [3.63, 3.8) is 0 Å². The maximum absolute atomic E-state index is 13.3. The van der Waals surface area contributed by atoms with Crippen molar-refractivity contribution in [2.75, 3.05) is 10.5 Å². The van der Waals surface area contributed by atoms with Crippen LogP contribution in [-0.2, 0) is 6.54 Å². The third kappa shape index (κ3) is 4.82. The standard InChI is InChI=1S/C22H25N5O2S3/c1-4-31-25-14-7-8-15-17(12-14)32-26-21(23-15)18-20(28)19(16-6-5-11-30-16)24-27(22(18)29)10-9-13(2)3/h5-8,11-13,25,28H,4,9-10H2,1-3H3,(H,23,26). The summed E-state index contributed by atoms with van der Waals surface area (Å²) < 4.78 is 7.89. The maximum atomic E-state index is 13.3. The summed E-state index contributed by atoms with van der Waals surface area (Å²) in [6.45, 7) is 6.77. The first kappa shape index (κ1) is 22.8. The highest BCUT2D eigenvalue weighted by atomic mass is 32.2. The van der Waals surface area contributed by atoms with E-state index < -0.39 is 0 Å². The minimum absolute atomic E-state index is 0.147. The van der Waals surface area contributed by atoms with Crippen LogP contribution in [0, 0.1) is 5.92 Å². The summed E-state index contributed by atoms with van der Waals surface area (Å²) in [5, 5.41) is 17.5. The Morgan fingerprint density at radius 3 is 2.88 bits per heavy atom. The van der Waals surface area contributed by atoms with E-state index in [4.69, 9.17) is 0 Å². The fraction of sp³-hybridized carbons (Fsp3) is 0.318. The molecule has 0 radical (unpaired) electrons. The fourth-order valence-electron chi connectivity index (χ4n) is 3.15. The smallest absolute Gasteiger partial charge is 0.281 e. The lowest BCUT2D eigenvalue weighted by molar-refractivity contribution is 0.444. The van der Waals surface area contributed by atoms with E-state index in [0.29, 0.717) is 24.0 Å². The summed E-state index contributed by atoms with van der Waals surface area (Å²) in [6, 6.07) is 9.67. The van der Waals surface area contributed by atoms with Crippen LogP contribution in [0.5, 0.6) is 5.75 Å². The van der Waals surface area contributed by atoms with Crippen LogP contribution >= 0.6 is 35.2 Å². The first-order chi connectivity index (χ1) is 15.5. The quantitative estimate of drug-likeness (QED) is 0.362. The molecular formula is C22H25N5O2S3. The van der Waals surface area contributed by atoms with Crippen molar-refractivity contribution >= 4 is 52.4 Å². The van der Waals surface area contributed by atoms with Gasteiger partial charge in [-0.2, -0.15) is 5.10 Å². The lowest BCUT2D eigenvalue weighted by Gasteiger charge is -2.19. The van der Waals surface area contributed by atoms with Crippen LogP contribution in [0.3, 0.4) is 0 Å². The molecule has 168 valence electrons. The molecule has 1 aliphatic rings. The lowest BCUT2D eigenvalue weighted by atomic mass is 10.1. The Balaban J connectivity index is 1.78. The van der Waals surface area contributed by atoms with Gasteiger partial charge in [0.1, 0.15) is 11.3 Å². The van der Waals surface area contributed by atoms with Gasteiger partial charge in [0.05, 0.1) is 15.5 Å². The van der Waals surface area contributed by atoms with E-state index in [9.17, 15) is 9.90 Å². The van der Waals surface area contributed by atoms with Crippen LogP contribution in [-0.4, -0.2) is 26.5 Å². The first-order valence-corrected chi connectivity index (χ1v) is 13.1. The second-order valence-electron chi connectivity index (χ2n) is 7.64. The molecule has 2 aromatic heterocycles. The van der Waals surface area contributed by atoms with Crippen molar-refractivity contribution < 1.29 is 5.11 Å². The van der Waals surface area contributed by atoms with E-state index in [1.54, 1.807) is 11.9 Å². The number of nitrogens with zero attached hydrogens (tertiary/aromatic N) is 3. The summed E-state index contributed by atoms with van der Waals surface area (Å²) in [5.74, 6) is 1.58. The summed E-state index contributed by atoms with van der Waals surface area (Å²) in [5.41, 5.74) is 1.93. The van der Waals surface area contributed by atoms with Crippen molar-refractivity contribution in [2.45, 2.75) is 38.6 Å². The van der Waals surface area contributed by atoms with E-state index in [-0.39, 0.29) is 16.9 Å². The molecule has 7 nitrogen and oxygen atoms in total. The van der Waals surface area contributed by atoms with Crippen molar-refractivity contribution in [1.82, 2.24) is 14.5 Å². The molecule has 3 N–H and O–H groups in total. The molecule has 1 aliphatic heterocycles. The monoisotopic (exact) mass is 487 g/mol. The summed E-state index contributed by atoms with van der Waals surface area (Å²) in [6.07, 6.45) is 0.810. The SMILES string of the molecule is CCSNc1ccc2c(c1)SNC(c1c(O)c(-c3cccs3)nn(CCC(C)C)c1=O)=N2. The largest absolute Gasteiger partial charge is 0.505 e. The van der Waals surface area contributed by atoms with E-state index in [1.807, 2.05) is 35.7 Å². The Morgan fingerprint density at radius 1 is 1.31 bits per heavy atom. The van der Waals surface area contributed by atoms with Crippen LogP contribution in [0.1, 0.15) is 32.8 Å². The number of aliphatic imine (C=N–C) groups is 1. The number of hydrogen-bond acceptors (Lipinski definition) is 9. The Labute approximate surface area is 199 Å². The van der Waals surface area contributed by atoms with E-state index in [1.165, 1.54) is 28.0 Å².